The van der Waals surface area contributed by atoms with Crippen molar-refractivity contribution >= 4 is 5.69 Å². The van der Waals surface area contributed by atoms with E-state index in [2.05, 4.69) is 5.16 Å². The van der Waals surface area contributed by atoms with E-state index in [-0.39, 0.29) is 5.82 Å². The highest BCUT2D eigenvalue weighted by atomic mass is 19.1. The van der Waals surface area contributed by atoms with E-state index in [4.69, 9.17) is 15.0 Å². The van der Waals surface area contributed by atoms with Gasteiger partial charge in [0, 0.05) is 12.5 Å². The van der Waals surface area contributed by atoms with Crippen molar-refractivity contribution in [2.75, 3.05) is 12.3 Å². The molecule has 0 atom stereocenters. The fraction of sp³-hybridized carbons (Fsp3) is 0.182. The van der Waals surface area contributed by atoms with Gasteiger partial charge in [0.05, 0.1) is 18.5 Å². The fourth-order valence-electron chi connectivity index (χ4n) is 1.28. The van der Waals surface area contributed by atoms with Crippen LogP contribution in [0.4, 0.5) is 10.1 Å². The molecule has 2 N–H and O–H groups in total. The summed E-state index contributed by atoms with van der Waals surface area (Å²) < 4.78 is 23.0. The molecule has 0 unspecified atom stereocenters. The fourth-order valence-corrected chi connectivity index (χ4v) is 1.28. The Bertz CT molecular complexity index is 471. The average Bonchev–Trinajstić information content (AvgIpc) is 2.65. The average molecular weight is 222 g/mol. The number of benzene rings is 1. The van der Waals surface area contributed by atoms with Crippen LogP contribution in [-0.4, -0.2) is 11.8 Å². The number of aromatic nitrogens is 1. The second kappa shape index (κ2) is 4.65. The number of halogens is 1. The highest BCUT2D eigenvalue weighted by Gasteiger charge is 2.04. The van der Waals surface area contributed by atoms with Gasteiger partial charge >= 0.3 is 0 Å². The molecule has 1 heterocycles. The van der Waals surface area contributed by atoms with Crippen molar-refractivity contribution in [3.05, 3.63) is 42.0 Å². The van der Waals surface area contributed by atoms with Gasteiger partial charge in [-0.1, -0.05) is 11.2 Å². The predicted octanol–water partition coefficient (Wildman–Crippen LogP) is 2.02. The monoisotopic (exact) mass is 222 g/mol. The van der Waals surface area contributed by atoms with Crippen molar-refractivity contribution in [2.24, 2.45) is 0 Å². The Labute approximate surface area is 91.8 Å². The molecule has 4 nitrogen and oxygen atoms in total. The summed E-state index contributed by atoms with van der Waals surface area (Å²) in [5.41, 5.74) is 6.07. The van der Waals surface area contributed by atoms with Gasteiger partial charge in [-0.25, -0.2) is 4.39 Å². The van der Waals surface area contributed by atoms with E-state index in [1.165, 1.54) is 18.3 Å². The molecule has 2 aromatic rings. The van der Waals surface area contributed by atoms with Crippen molar-refractivity contribution in [3.63, 3.8) is 0 Å². The maximum absolute atomic E-state index is 12.8. The van der Waals surface area contributed by atoms with Gasteiger partial charge in [0.15, 0.2) is 5.76 Å². The lowest BCUT2D eigenvalue weighted by molar-refractivity contribution is 0.295. The summed E-state index contributed by atoms with van der Waals surface area (Å²) in [6.45, 7) is 0.364. The van der Waals surface area contributed by atoms with Crippen LogP contribution in [0, 0.1) is 5.82 Å². The van der Waals surface area contributed by atoms with E-state index in [1.807, 2.05) is 0 Å². The number of rotatable bonds is 4. The van der Waals surface area contributed by atoms with Crippen molar-refractivity contribution in [1.82, 2.24) is 5.16 Å². The minimum atomic E-state index is -0.323. The maximum atomic E-state index is 12.8. The minimum absolute atomic E-state index is 0.323. The first-order valence-electron chi connectivity index (χ1n) is 4.83. The molecule has 0 amide bonds. The number of hydrogen-bond donors (Lipinski definition) is 1. The first kappa shape index (κ1) is 10.5. The summed E-state index contributed by atoms with van der Waals surface area (Å²) in [7, 11) is 0. The Kier molecular flexibility index (Phi) is 3.05. The Morgan fingerprint density at radius 1 is 1.44 bits per heavy atom. The van der Waals surface area contributed by atoms with Crippen LogP contribution in [0.1, 0.15) is 5.76 Å². The van der Waals surface area contributed by atoms with Crippen molar-refractivity contribution in [2.45, 2.75) is 6.42 Å². The van der Waals surface area contributed by atoms with E-state index in [0.29, 0.717) is 30.2 Å². The van der Waals surface area contributed by atoms with Gasteiger partial charge in [-0.2, -0.15) is 0 Å². The molecule has 0 bridgehead atoms. The molecule has 2 rings (SSSR count). The van der Waals surface area contributed by atoms with Crippen LogP contribution in [0.25, 0.3) is 0 Å². The van der Waals surface area contributed by atoms with Gasteiger partial charge in [0.25, 0.3) is 0 Å². The molecule has 1 aromatic heterocycles. The predicted molar refractivity (Wildman–Crippen MR) is 56.5 cm³/mol. The second-order valence-corrected chi connectivity index (χ2v) is 3.26. The molecule has 0 saturated carbocycles. The van der Waals surface area contributed by atoms with Crippen LogP contribution in [0.2, 0.25) is 0 Å². The van der Waals surface area contributed by atoms with Gasteiger partial charge in [-0.3, -0.25) is 0 Å². The van der Waals surface area contributed by atoms with Gasteiger partial charge < -0.3 is 15.0 Å². The molecule has 5 heteroatoms. The number of ether oxygens (including phenoxy) is 1. The van der Waals surface area contributed by atoms with E-state index in [0.717, 1.165) is 0 Å². The topological polar surface area (TPSA) is 61.3 Å². The summed E-state index contributed by atoms with van der Waals surface area (Å²) in [6, 6.07) is 5.96. The SMILES string of the molecule is Nc1cnoc1CCOc1cccc(F)c1. The second-order valence-electron chi connectivity index (χ2n) is 3.26. The normalized spacial score (nSPS) is 10.3. The minimum Gasteiger partial charge on any atom is -0.493 e. The molecular weight excluding hydrogens is 211 g/mol. The Morgan fingerprint density at radius 2 is 2.31 bits per heavy atom. The highest BCUT2D eigenvalue weighted by molar-refractivity contribution is 5.38. The standard InChI is InChI=1S/C11H11FN2O2/c12-8-2-1-3-9(6-8)15-5-4-11-10(13)7-14-16-11/h1-3,6-7H,4-5,13H2. The molecule has 0 aliphatic rings. The molecule has 16 heavy (non-hydrogen) atoms. The zero-order chi connectivity index (χ0) is 11.4. The van der Waals surface area contributed by atoms with Crippen molar-refractivity contribution in [1.29, 1.82) is 0 Å². The molecule has 0 aliphatic heterocycles. The van der Waals surface area contributed by atoms with Crippen LogP contribution in [0.5, 0.6) is 5.75 Å². The lowest BCUT2D eigenvalue weighted by atomic mass is 10.3. The molecule has 84 valence electrons. The van der Waals surface area contributed by atoms with Crippen molar-refractivity contribution < 1.29 is 13.7 Å². The van der Waals surface area contributed by atoms with Crippen LogP contribution >= 0.6 is 0 Å². The first-order valence-corrected chi connectivity index (χ1v) is 4.83. The third-order valence-electron chi connectivity index (χ3n) is 2.07. The van der Waals surface area contributed by atoms with Crippen LogP contribution in [0.15, 0.2) is 35.0 Å². The third kappa shape index (κ3) is 2.50. The van der Waals surface area contributed by atoms with Crippen molar-refractivity contribution in [3.8, 4) is 5.75 Å². The van der Waals surface area contributed by atoms with Gasteiger partial charge in [-0.15, -0.1) is 0 Å². The largest absolute Gasteiger partial charge is 0.493 e. The molecule has 0 aliphatic carbocycles. The van der Waals surface area contributed by atoms with Crippen LogP contribution in [-0.2, 0) is 6.42 Å². The quantitative estimate of drug-likeness (QED) is 0.859. The van der Waals surface area contributed by atoms with E-state index >= 15 is 0 Å². The van der Waals surface area contributed by atoms with Gasteiger partial charge in [0.2, 0.25) is 0 Å². The number of anilines is 1. The van der Waals surface area contributed by atoms with Crippen LogP contribution < -0.4 is 10.5 Å². The van der Waals surface area contributed by atoms with Gasteiger partial charge in [0.1, 0.15) is 11.6 Å². The summed E-state index contributed by atoms with van der Waals surface area (Å²) in [5, 5.41) is 3.55. The molecule has 0 saturated heterocycles. The summed E-state index contributed by atoms with van der Waals surface area (Å²) in [5.74, 6) is 0.742. The molecule has 0 fully saturated rings. The zero-order valence-corrected chi connectivity index (χ0v) is 8.52. The van der Waals surface area contributed by atoms with E-state index in [1.54, 1.807) is 12.1 Å². The molecule has 0 spiro atoms. The number of nitrogens with two attached hydrogens (primary N) is 1. The molecule has 1 aromatic carbocycles. The summed E-state index contributed by atoms with van der Waals surface area (Å²) >= 11 is 0. The summed E-state index contributed by atoms with van der Waals surface area (Å²) in [6.07, 6.45) is 1.94. The lowest BCUT2D eigenvalue weighted by Gasteiger charge is -2.04. The van der Waals surface area contributed by atoms with Crippen LogP contribution in [0.3, 0.4) is 0 Å². The van der Waals surface area contributed by atoms with E-state index < -0.39 is 0 Å². The Balaban J connectivity index is 1.87. The zero-order valence-electron chi connectivity index (χ0n) is 8.52. The maximum Gasteiger partial charge on any atom is 0.162 e. The number of nitrogens with zero attached hydrogens (tertiary/aromatic N) is 1. The molecule has 0 radical (unpaired) electrons. The Hall–Kier alpha value is -2.04. The highest BCUT2D eigenvalue weighted by Crippen LogP contribution is 2.14. The van der Waals surface area contributed by atoms with E-state index in [9.17, 15) is 4.39 Å². The van der Waals surface area contributed by atoms with Gasteiger partial charge in [-0.05, 0) is 12.1 Å². The number of hydrogen-bond acceptors (Lipinski definition) is 4. The molecular formula is C11H11FN2O2. The Morgan fingerprint density at radius 3 is 3.00 bits per heavy atom. The number of nitrogen functional groups attached to an aromatic ring is 1. The smallest absolute Gasteiger partial charge is 0.162 e. The third-order valence-corrected chi connectivity index (χ3v) is 2.07. The first-order chi connectivity index (χ1) is 7.75. The summed E-state index contributed by atoms with van der Waals surface area (Å²) in [4.78, 5) is 0. The lowest BCUT2D eigenvalue weighted by Crippen LogP contribution is -2.02.